The van der Waals surface area contributed by atoms with Crippen molar-refractivity contribution in [2.75, 3.05) is 0 Å². The third-order valence-corrected chi connectivity index (χ3v) is 4.31. The van der Waals surface area contributed by atoms with E-state index in [2.05, 4.69) is 0 Å². The van der Waals surface area contributed by atoms with E-state index >= 15 is 0 Å². The number of carbonyl (C=O) groups excluding carboxylic acids is 1. The molecule has 0 aliphatic carbocycles. The first kappa shape index (κ1) is 19.8. The Morgan fingerprint density at radius 1 is 1.08 bits per heavy atom. The number of benzene rings is 2. The van der Waals surface area contributed by atoms with Gasteiger partial charge in [-0.05, 0) is 40.8 Å². The predicted molar refractivity (Wildman–Crippen MR) is 105 cm³/mol. The molecule has 0 fully saturated rings. The number of hydrogen-bond donors (Lipinski definition) is 0. The van der Waals surface area contributed by atoms with Crippen molar-refractivity contribution in [1.29, 1.82) is 0 Å². The van der Waals surface area contributed by atoms with Crippen molar-refractivity contribution in [2.24, 2.45) is 5.92 Å². The highest BCUT2D eigenvalue weighted by Crippen LogP contribution is 2.28. The lowest BCUT2D eigenvalue weighted by molar-refractivity contribution is -0.148. The molecule has 0 saturated heterocycles. The van der Waals surface area contributed by atoms with Gasteiger partial charge in [0.25, 0.3) is 0 Å². The van der Waals surface area contributed by atoms with Crippen molar-refractivity contribution in [1.82, 2.24) is 0 Å². The van der Waals surface area contributed by atoms with Gasteiger partial charge in [-0.1, -0.05) is 85.0 Å². The van der Waals surface area contributed by atoms with Crippen LogP contribution in [-0.2, 0) is 16.1 Å². The fraction of sp³-hybridized carbons (Fsp3) is 0.250. The molecule has 1 unspecified atom stereocenters. The quantitative estimate of drug-likeness (QED) is 0.513. The van der Waals surface area contributed by atoms with Crippen molar-refractivity contribution >= 4 is 46.8 Å². The van der Waals surface area contributed by atoms with Gasteiger partial charge in [0.2, 0.25) is 0 Å². The second kappa shape index (κ2) is 9.28. The number of carbonyl (C=O) groups is 1. The molecule has 1 atom stereocenters. The molecule has 2 aromatic rings. The fourth-order valence-corrected chi connectivity index (χ4v) is 2.99. The van der Waals surface area contributed by atoms with E-state index in [1.807, 2.05) is 50.2 Å². The number of ether oxygens (including phenoxy) is 1. The lowest BCUT2D eigenvalue weighted by Crippen LogP contribution is -2.21. The van der Waals surface area contributed by atoms with Crippen LogP contribution in [0.3, 0.4) is 0 Å². The van der Waals surface area contributed by atoms with Gasteiger partial charge in [0.05, 0.1) is 5.92 Å². The van der Waals surface area contributed by atoms with E-state index < -0.39 is 0 Å². The number of hydrogen-bond acceptors (Lipinski definition) is 2. The van der Waals surface area contributed by atoms with Crippen LogP contribution < -0.4 is 0 Å². The first-order chi connectivity index (χ1) is 11.9. The van der Waals surface area contributed by atoms with Gasteiger partial charge in [0.15, 0.2) is 0 Å². The molecule has 0 aromatic heterocycles. The molecule has 5 heteroatoms. The van der Waals surface area contributed by atoms with Crippen molar-refractivity contribution in [3.63, 3.8) is 0 Å². The summed E-state index contributed by atoms with van der Waals surface area (Å²) >= 11 is 17.4. The summed E-state index contributed by atoms with van der Waals surface area (Å²) in [5.74, 6) is -0.522. The third-order valence-electron chi connectivity index (χ3n) is 3.84. The molecule has 0 aliphatic heterocycles. The molecule has 0 aliphatic rings. The summed E-state index contributed by atoms with van der Waals surface area (Å²) in [5.41, 5.74) is 2.55. The minimum atomic E-state index is -0.350. The zero-order chi connectivity index (χ0) is 18.4. The Bertz CT molecular complexity index is 748. The van der Waals surface area contributed by atoms with Crippen LogP contribution in [0.1, 0.15) is 36.5 Å². The lowest BCUT2D eigenvalue weighted by atomic mass is 9.88. The average Bonchev–Trinajstić information content (AvgIpc) is 2.55. The van der Waals surface area contributed by atoms with Gasteiger partial charge in [0.1, 0.15) is 11.1 Å². The van der Waals surface area contributed by atoms with Crippen molar-refractivity contribution in [3.05, 3.63) is 74.7 Å². The topological polar surface area (TPSA) is 26.3 Å². The van der Waals surface area contributed by atoms with Gasteiger partial charge in [-0.2, -0.15) is 0 Å². The van der Waals surface area contributed by atoms with E-state index in [-0.39, 0.29) is 28.9 Å². The summed E-state index contributed by atoms with van der Waals surface area (Å²) in [6.45, 7) is 4.14. The van der Waals surface area contributed by atoms with Gasteiger partial charge in [-0.15, -0.1) is 0 Å². The number of halogens is 3. The summed E-state index contributed by atoms with van der Waals surface area (Å²) in [7, 11) is 0. The number of rotatable bonds is 6. The van der Waals surface area contributed by atoms with Crippen LogP contribution in [0.15, 0.2) is 53.0 Å². The molecule has 0 saturated carbocycles. The third kappa shape index (κ3) is 5.78. The van der Waals surface area contributed by atoms with Crippen LogP contribution in [0.2, 0.25) is 5.02 Å². The number of esters is 1. The molecular formula is C20H19Cl3O2. The monoisotopic (exact) mass is 396 g/mol. The van der Waals surface area contributed by atoms with Crippen LogP contribution in [0.5, 0.6) is 0 Å². The van der Waals surface area contributed by atoms with E-state index in [0.29, 0.717) is 5.02 Å². The van der Waals surface area contributed by atoms with E-state index in [1.165, 1.54) is 0 Å². The van der Waals surface area contributed by atoms with Crippen LogP contribution in [0.4, 0.5) is 0 Å². The van der Waals surface area contributed by atoms with Gasteiger partial charge < -0.3 is 4.74 Å². The molecule has 0 bridgehead atoms. The molecule has 2 nitrogen and oxygen atoms in total. The van der Waals surface area contributed by atoms with Crippen LogP contribution in [0, 0.1) is 5.92 Å². The predicted octanol–water partition coefficient (Wildman–Crippen LogP) is 6.60. The Hall–Kier alpha value is -1.48. The maximum absolute atomic E-state index is 12.7. The van der Waals surface area contributed by atoms with Crippen molar-refractivity contribution in [3.8, 4) is 0 Å². The Balaban J connectivity index is 2.15. The van der Waals surface area contributed by atoms with Crippen molar-refractivity contribution in [2.45, 2.75) is 26.4 Å². The van der Waals surface area contributed by atoms with Crippen LogP contribution >= 0.6 is 34.8 Å². The highest BCUT2D eigenvalue weighted by molar-refractivity contribution is 6.57. The van der Waals surface area contributed by atoms with E-state index in [4.69, 9.17) is 39.5 Å². The minimum Gasteiger partial charge on any atom is -0.460 e. The average molecular weight is 398 g/mol. The summed E-state index contributed by atoms with van der Waals surface area (Å²) in [6.07, 6.45) is 1.63. The molecule has 2 rings (SSSR count). The zero-order valence-corrected chi connectivity index (χ0v) is 16.3. The zero-order valence-electron chi connectivity index (χ0n) is 14.0. The second-order valence-electron chi connectivity index (χ2n) is 6.01. The molecule has 25 heavy (non-hydrogen) atoms. The van der Waals surface area contributed by atoms with Crippen LogP contribution in [0.25, 0.3) is 6.08 Å². The summed E-state index contributed by atoms with van der Waals surface area (Å²) in [5, 5.41) is 0.637. The highest BCUT2D eigenvalue weighted by Gasteiger charge is 2.25. The Kier molecular flexibility index (Phi) is 7.37. The molecule has 0 spiro atoms. The first-order valence-electron chi connectivity index (χ1n) is 7.91. The molecule has 0 N–H and O–H groups in total. The Morgan fingerprint density at radius 2 is 1.72 bits per heavy atom. The maximum Gasteiger partial charge on any atom is 0.314 e. The summed E-state index contributed by atoms with van der Waals surface area (Å²) in [6, 6.07) is 14.8. The molecule has 132 valence electrons. The second-order valence-corrected chi connectivity index (χ2v) is 7.46. The van der Waals surface area contributed by atoms with Crippen molar-refractivity contribution < 1.29 is 9.53 Å². The summed E-state index contributed by atoms with van der Waals surface area (Å²) in [4.78, 5) is 12.7. The standard InChI is InChI=1S/C20H19Cl3O2/c1-13(2)19(14-7-9-17(21)10-8-14)20(24)25-12-16-6-4-3-5-15(16)11-18(22)23/h3-11,13,19H,12H2,1-2H3. The Labute approximate surface area is 163 Å². The smallest absolute Gasteiger partial charge is 0.314 e. The molecule has 0 heterocycles. The van der Waals surface area contributed by atoms with Crippen LogP contribution in [-0.4, -0.2) is 5.97 Å². The first-order valence-corrected chi connectivity index (χ1v) is 9.04. The van der Waals surface area contributed by atoms with E-state index in [9.17, 15) is 4.79 Å². The molecular weight excluding hydrogens is 379 g/mol. The Morgan fingerprint density at radius 3 is 2.32 bits per heavy atom. The normalized spacial score (nSPS) is 11.9. The lowest BCUT2D eigenvalue weighted by Gasteiger charge is -2.20. The maximum atomic E-state index is 12.7. The molecule has 0 radical (unpaired) electrons. The molecule has 0 amide bonds. The van der Waals surface area contributed by atoms with Gasteiger partial charge >= 0.3 is 5.97 Å². The van der Waals surface area contributed by atoms with E-state index in [0.717, 1.165) is 16.7 Å². The van der Waals surface area contributed by atoms with Gasteiger partial charge in [-0.3, -0.25) is 4.79 Å². The largest absolute Gasteiger partial charge is 0.460 e. The summed E-state index contributed by atoms with van der Waals surface area (Å²) < 4.78 is 5.72. The SMILES string of the molecule is CC(C)C(C(=O)OCc1ccccc1C=C(Cl)Cl)c1ccc(Cl)cc1. The fourth-order valence-electron chi connectivity index (χ4n) is 2.63. The highest BCUT2D eigenvalue weighted by atomic mass is 35.5. The van der Waals surface area contributed by atoms with E-state index in [1.54, 1.807) is 18.2 Å². The van der Waals surface area contributed by atoms with Gasteiger partial charge in [0, 0.05) is 5.02 Å². The minimum absolute atomic E-state index is 0.0982. The van der Waals surface area contributed by atoms with Gasteiger partial charge in [-0.25, -0.2) is 0 Å². The molecule has 2 aromatic carbocycles.